The average Bonchev–Trinajstić information content (AvgIpc) is 2.64. The Balaban J connectivity index is 1.89. The van der Waals surface area contributed by atoms with Crippen molar-refractivity contribution in [3.63, 3.8) is 0 Å². The smallest absolute Gasteiger partial charge is 0.155 e. The van der Waals surface area contributed by atoms with Gasteiger partial charge in [-0.3, -0.25) is 0 Å². The van der Waals surface area contributed by atoms with Crippen LogP contribution in [0.5, 0.6) is 0 Å². The van der Waals surface area contributed by atoms with E-state index in [1.807, 2.05) is 24.3 Å². The van der Waals surface area contributed by atoms with E-state index in [9.17, 15) is 0 Å². The summed E-state index contributed by atoms with van der Waals surface area (Å²) >= 11 is 0. The molecule has 0 aliphatic carbocycles. The minimum absolute atomic E-state index is 0.176. The van der Waals surface area contributed by atoms with Crippen LogP contribution in [0.1, 0.15) is 35.4 Å². The molecule has 0 radical (unpaired) electrons. The second-order valence-electron chi connectivity index (χ2n) is 6.45. The molecule has 24 heavy (non-hydrogen) atoms. The Labute approximate surface area is 143 Å². The molecule has 1 N–H and O–H groups in total. The number of rotatable bonds is 2. The third-order valence-corrected chi connectivity index (χ3v) is 4.84. The molecule has 0 saturated carbocycles. The Morgan fingerprint density at radius 3 is 2.21 bits per heavy atom. The lowest BCUT2D eigenvalue weighted by Gasteiger charge is -2.42. The largest absolute Gasteiger partial charge is 0.356 e. The first-order chi connectivity index (χ1) is 11.7. The lowest BCUT2D eigenvalue weighted by atomic mass is 9.84. The summed E-state index contributed by atoms with van der Waals surface area (Å²) in [5, 5.41) is 3.58. The first kappa shape index (κ1) is 15.0. The van der Waals surface area contributed by atoms with Crippen LogP contribution in [-0.4, -0.2) is 0 Å². The van der Waals surface area contributed by atoms with E-state index in [1.54, 1.807) is 0 Å². The molecule has 3 aromatic carbocycles. The van der Waals surface area contributed by atoms with Crippen molar-refractivity contribution >= 4 is 5.69 Å². The van der Waals surface area contributed by atoms with Gasteiger partial charge in [-0.2, -0.15) is 0 Å². The zero-order chi connectivity index (χ0) is 16.6. The lowest BCUT2D eigenvalue weighted by Crippen LogP contribution is -2.37. The van der Waals surface area contributed by atoms with Crippen LogP contribution >= 0.6 is 0 Å². The molecule has 0 amide bonds. The van der Waals surface area contributed by atoms with Gasteiger partial charge in [0.25, 0.3) is 0 Å². The summed E-state index contributed by atoms with van der Waals surface area (Å²) in [4.78, 5) is 0. The second-order valence-corrected chi connectivity index (χ2v) is 6.45. The summed E-state index contributed by atoms with van der Waals surface area (Å²) in [6, 6.07) is 27.2. The standard InChI is InChI=1S/C22H21NO/c1-16-10-9-15-19-20(16)23-21(17-11-5-3-6-12-17)24-22(19,2)18-13-7-4-8-14-18/h3-15,21,23H,1-2H3/t21-,22+/m0/s1. The molecule has 1 heterocycles. The molecule has 3 aromatic rings. The van der Waals surface area contributed by atoms with E-state index in [2.05, 4.69) is 73.8 Å². The summed E-state index contributed by atoms with van der Waals surface area (Å²) in [6.45, 7) is 4.31. The Morgan fingerprint density at radius 2 is 1.50 bits per heavy atom. The van der Waals surface area contributed by atoms with Crippen LogP contribution in [0.3, 0.4) is 0 Å². The fourth-order valence-corrected chi connectivity index (χ4v) is 3.48. The van der Waals surface area contributed by atoms with Crippen molar-refractivity contribution in [2.45, 2.75) is 25.7 Å². The fourth-order valence-electron chi connectivity index (χ4n) is 3.48. The number of para-hydroxylation sites is 1. The zero-order valence-corrected chi connectivity index (χ0v) is 14.0. The number of benzene rings is 3. The molecule has 4 rings (SSSR count). The number of fused-ring (bicyclic) bond motifs is 1. The average molecular weight is 315 g/mol. The van der Waals surface area contributed by atoms with Crippen LogP contribution in [0.15, 0.2) is 78.9 Å². The predicted molar refractivity (Wildman–Crippen MR) is 98.0 cm³/mol. The first-order valence-corrected chi connectivity index (χ1v) is 8.33. The monoisotopic (exact) mass is 315 g/mol. The molecule has 0 fully saturated rings. The van der Waals surface area contributed by atoms with Crippen LogP contribution in [0.4, 0.5) is 5.69 Å². The number of anilines is 1. The van der Waals surface area contributed by atoms with E-state index in [-0.39, 0.29) is 6.23 Å². The van der Waals surface area contributed by atoms with Gasteiger partial charge in [0, 0.05) is 16.8 Å². The van der Waals surface area contributed by atoms with Gasteiger partial charge in [0.15, 0.2) is 6.23 Å². The van der Waals surface area contributed by atoms with Crippen LogP contribution in [0.2, 0.25) is 0 Å². The SMILES string of the molecule is Cc1cccc2c1N[C@H](c1ccccc1)O[C@]2(C)c1ccccc1. The van der Waals surface area contributed by atoms with E-state index in [0.717, 1.165) is 5.56 Å². The summed E-state index contributed by atoms with van der Waals surface area (Å²) in [5.41, 5.74) is 5.39. The van der Waals surface area contributed by atoms with Crippen molar-refractivity contribution in [3.8, 4) is 0 Å². The maximum atomic E-state index is 6.62. The minimum Gasteiger partial charge on any atom is -0.356 e. The van der Waals surface area contributed by atoms with Crippen molar-refractivity contribution in [2.24, 2.45) is 0 Å². The van der Waals surface area contributed by atoms with Crippen LogP contribution in [-0.2, 0) is 10.3 Å². The Kier molecular flexibility index (Phi) is 3.62. The first-order valence-electron chi connectivity index (χ1n) is 8.33. The lowest BCUT2D eigenvalue weighted by molar-refractivity contribution is -0.0581. The molecule has 2 heteroatoms. The molecular formula is C22H21NO. The summed E-state index contributed by atoms with van der Waals surface area (Å²) in [6.07, 6.45) is -0.176. The Bertz CT molecular complexity index is 844. The molecule has 0 saturated heterocycles. The van der Waals surface area contributed by atoms with E-state index in [1.165, 1.54) is 22.4 Å². The third-order valence-electron chi connectivity index (χ3n) is 4.84. The topological polar surface area (TPSA) is 21.3 Å². The highest BCUT2D eigenvalue weighted by atomic mass is 16.5. The maximum Gasteiger partial charge on any atom is 0.155 e. The fraction of sp³-hybridized carbons (Fsp3) is 0.182. The van der Waals surface area contributed by atoms with Crippen LogP contribution < -0.4 is 5.32 Å². The van der Waals surface area contributed by atoms with Gasteiger partial charge in [-0.1, -0.05) is 78.9 Å². The van der Waals surface area contributed by atoms with Crippen molar-refractivity contribution in [1.82, 2.24) is 0 Å². The number of nitrogens with one attached hydrogen (secondary N) is 1. The van der Waals surface area contributed by atoms with Gasteiger partial charge in [0.1, 0.15) is 5.60 Å². The highest BCUT2D eigenvalue weighted by Crippen LogP contribution is 2.46. The van der Waals surface area contributed by atoms with Gasteiger partial charge in [0.2, 0.25) is 0 Å². The van der Waals surface area contributed by atoms with Gasteiger partial charge in [-0.05, 0) is 25.0 Å². The summed E-state index contributed by atoms with van der Waals surface area (Å²) in [7, 11) is 0. The number of hydrogen-bond acceptors (Lipinski definition) is 2. The van der Waals surface area contributed by atoms with Crippen molar-refractivity contribution < 1.29 is 4.74 Å². The molecule has 0 unspecified atom stereocenters. The normalized spacial score (nSPS) is 22.5. The molecule has 2 atom stereocenters. The van der Waals surface area contributed by atoms with E-state index >= 15 is 0 Å². The maximum absolute atomic E-state index is 6.62. The van der Waals surface area contributed by atoms with E-state index in [0.29, 0.717) is 0 Å². The molecule has 0 aromatic heterocycles. The van der Waals surface area contributed by atoms with Crippen LogP contribution in [0, 0.1) is 6.92 Å². The van der Waals surface area contributed by atoms with E-state index < -0.39 is 5.60 Å². The van der Waals surface area contributed by atoms with E-state index in [4.69, 9.17) is 4.74 Å². The predicted octanol–water partition coefficient (Wildman–Crippen LogP) is 5.40. The molecule has 0 spiro atoms. The Morgan fingerprint density at radius 1 is 0.833 bits per heavy atom. The molecule has 2 nitrogen and oxygen atoms in total. The zero-order valence-electron chi connectivity index (χ0n) is 14.0. The Hall–Kier alpha value is -2.58. The van der Waals surface area contributed by atoms with Gasteiger partial charge < -0.3 is 10.1 Å². The summed E-state index contributed by atoms with van der Waals surface area (Å²) < 4.78 is 6.62. The van der Waals surface area contributed by atoms with Crippen molar-refractivity contribution in [3.05, 3.63) is 101 Å². The van der Waals surface area contributed by atoms with Gasteiger partial charge >= 0.3 is 0 Å². The number of hydrogen-bond donors (Lipinski definition) is 1. The molecule has 1 aliphatic heterocycles. The highest BCUT2D eigenvalue weighted by Gasteiger charge is 2.39. The van der Waals surface area contributed by atoms with Gasteiger partial charge in [-0.15, -0.1) is 0 Å². The van der Waals surface area contributed by atoms with Gasteiger partial charge in [-0.25, -0.2) is 0 Å². The minimum atomic E-state index is -0.492. The molecular weight excluding hydrogens is 294 g/mol. The highest BCUT2D eigenvalue weighted by molar-refractivity contribution is 5.63. The van der Waals surface area contributed by atoms with Crippen molar-refractivity contribution in [1.29, 1.82) is 0 Å². The number of ether oxygens (including phenoxy) is 1. The summed E-state index contributed by atoms with van der Waals surface area (Å²) in [5.74, 6) is 0. The third kappa shape index (κ3) is 2.40. The second kappa shape index (κ2) is 5.81. The van der Waals surface area contributed by atoms with Crippen LogP contribution in [0.25, 0.3) is 0 Å². The molecule has 0 bridgehead atoms. The number of aryl methyl sites for hydroxylation is 1. The van der Waals surface area contributed by atoms with Gasteiger partial charge in [0.05, 0.1) is 0 Å². The quantitative estimate of drug-likeness (QED) is 0.683. The van der Waals surface area contributed by atoms with Crippen molar-refractivity contribution in [2.75, 3.05) is 5.32 Å². The molecule has 120 valence electrons. The molecule has 1 aliphatic rings.